The van der Waals surface area contributed by atoms with E-state index in [0.717, 1.165) is 60.9 Å². The molecule has 2 aliphatic rings. The minimum absolute atomic E-state index is 0.167. The Labute approximate surface area is 318 Å². The summed E-state index contributed by atoms with van der Waals surface area (Å²) in [4.78, 5) is 2.38. The molecule has 0 unspecified atom stereocenters. The van der Waals surface area contributed by atoms with Crippen molar-refractivity contribution in [3.8, 4) is 11.1 Å². The van der Waals surface area contributed by atoms with Crippen LogP contribution in [0.25, 0.3) is 55.0 Å². The molecule has 0 N–H and O–H groups in total. The summed E-state index contributed by atoms with van der Waals surface area (Å²) in [5.41, 5.74) is 16.5. The van der Waals surface area contributed by atoms with E-state index in [-0.39, 0.29) is 5.41 Å². The maximum atomic E-state index is 6.76. The molecule has 0 radical (unpaired) electrons. The number of hydrogen-bond donors (Lipinski definition) is 0. The number of furan rings is 2. The molecule has 12 rings (SSSR count). The smallest absolute Gasteiger partial charge is 0.159 e. The number of hydrogen-bond acceptors (Lipinski definition) is 3. The van der Waals surface area contributed by atoms with Crippen LogP contribution in [0.15, 0.2) is 185 Å². The van der Waals surface area contributed by atoms with Crippen molar-refractivity contribution in [2.75, 3.05) is 4.90 Å². The molecule has 0 saturated carbocycles. The number of anilines is 3. The summed E-state index contributed by atoms with van der Waals surface area (Å²) in [5.74, 6) is 0. The third-order valence-electron chi connectivity index (χ3n) is 12.5. The molecule has 3 nitrogen and oxygen atoms in total. The standard InChI is InChI=1S/C52H35NO2/c1-51(2)41-19-7-9-21-43(41)52(44-22-10-8-20-42(44)51)40-18-6-3-14-34(40)35-28-26-33(31-45(35)52)53(32-27-29-49-39(30-32)37-16-5-11-24-47(37)54-49)46-23-13-17-38-36-15-4-12-25-48(36)55-50(38)46/h3-31H,1-2H3. The molecular formula is C52H35NO2. The lowest BCUT2D eigenvalue weighted by molar-refractivity contribution is 0.563. The van der Waals surface area contributed by atoms with Crippen LogP contribution in [0.5, 0.6) is 0 Å². The zero-order valence-corrected chi connectivity index (χ0v) is 30.5. The van der Waals surface area contributed by atoms with Crippen LogP contribution in [0.1, 0.15) is 47.2 Å². The van der Waals surface area contributed by atoms with Crippen molar-refractivity contribution < 1.29 is 8.83 Å². The summed E-state index contributed by atoms with van der Waals surface area (Å²) in [5, 5.41) is 4.38. The van der Waals surface area contributed by atoms with E-state index in [1.54, 1.807) is 0 Å². The van der Waals surface area contributed by atoms with Crippen molar-refractivity contribution in [3.63, 3.8) is 0 Å². The highest BCUT2D eigenvalue weighted by molar-refractivity contribution is 6.11. The Balaban J connectivity index is 1.19. The number of para-hydroxylation sites is 3. The molecule has 0 aliphatic heterocycles. The summed E-state index contributed by atoms with van der Waals surface area (Å²) in [6.07, 6.45) is 0. The Hall–Kier alpha value is -6.84. The van der Waals surface area contributed by atoms with Crippen LogP contribution in [-0.2, 0) is 10.8 Å². The predicted molar refractivity (Wildman–Crippen MR) is 225 cm³/mol. The number of benzene rings is 8. The van der Waals surface area contributed by atoms with E-state index in [1.807, 2.05) is 18.2 Å². The summed E-state index contributed by atoms with van der Waals surface area (Å²) in [6.45, 7) is 4.75. The SMILES string of the molecule is CC1(C)c2ccccc2C2(c3ccccc3-c3ccc(N(c4ccc5oc6ccccc6c5c4)c4cccc5c4oc4ccccc45)cc32)c2ccccc21. The van der Waals surface area contributed by atoms with Gasteiger partial charge in [0.05, 0.1) is 11.1 Å². The highest BCUT2D eigenvalue weighted by atomic mass is 16.3. The van der Waals surface area contributed by atoms with Gasteiger partial charge in [0.25, 0.3) is 0 Å². The molecule has 8 aromatic carbocycles. The summed E-state index contributed by atoms with van der Waals surface area (Å²) in [6, 6.07) is 64.1. The summed E-state index contributed by atoms with van der Waals surface area (Å²) >= 11 is 0. The molecule has 0 saturated heterocycles. The first kappa shape index (κ1) is 30.6. The van der Waals surface area contributed by atoms with Crippen molar-refractivity contribution in [2.45, 2.75) is 24.7 Å². The second kappa shape index (κ2) is 10.9. The topological polar surface area (TPSA) is 29.5 Å². The maximum Gasteiger partial charge on any atom is 0.159 e. The highest BCUT2D eigenvalue weighted by Gasteiger charge is 2.53. The third kappa shape index (κ3) is 3.94. The molecular weight excluding hydrogens is 671 g/mol. The average molecular weight is 706 g/mol. The molecule has 260 valence electrons. The molecule has 0 bridgehead atoms. The third-order valence-corrected chi connectivity index (χ3v) is 12.5. The summed E-state index contributed by atoms with van der Waals surface area (Å²) in [7, 11) is 0. The second-order valence-electron chi connectivity index (χ2n) is 15.6. The van der Waals surface area contributed by atoms with Gasteiger partial charge in [-0.3, -0.25) is 0 Å². The first-order valence-electron chi connectivity index (χ1n) is 19.1. The minimum Gasteiger partial charge on any atom is -0.456 e. The van der Waals surface area contributed by atoms with Crippen molar-refractivity contribution >= 4 is 60.9 Å². The Morgan fingerprint density at radius 1 is 0.382 bits per heavy atom. The van der Waals surface area contributed by atoms with Gasteiger partial charge in [-0.25, -0.2) is 0 Å². The maximum absolute atomic E-state index is 6.76. The largest absolute Gasteiger partial charge is 0.456 e. The van der Waals surface area contributed by atoms with Gasteiger partial charge < -0.3 is 13.7 Å². The van der Waals surface area contributed by atoms with E-state index in [1.165, 1.54) is 44.5 Å². The molecule has 2 aromatic heterocycles. The molecule has 0 fully saturated rings. The number of rotatable bonds is 3. The first-order chi connectivity index (χ1) is 27.0. The Morgan fingerprint density at radius 2 is 0.909 bits per heavy atom. The molecule has 55 heavy (non-hydrogen) atoms. The normalized spacial score (nSPS) is 14.7. The zero-order chi connectivity index (χ0) is 36.5. The van der Waals surface area contributed by atoms with Crippen LogP contribution in [0.4, 0.5) is 17.1 Å². The zero-order valence-electron chi connectivity index (χ0n) is 30.5. The number of nitrogens with zero attached hydrogens (tertiary/aromatic N) is 1. The number of fused-ring (bicyclic) bond motifs is 15. The van der Waals surface area contributed by atoms with Gasteiger partial charge in [0.2, 0.25) is 0 Å². The molecule has 2 heterocycles. The van der Waals surface area contributed by atoms with E-state index in [2.05, 4.69) is 176 Å². The van der Waals surface area contributed by atoms with Crippen LogP contribution in [-0.4, -0.2) is 0 Å². The summed E-state index contributed by atoms with van der Waals surface area (Å²) < 4.78 is 13.1. The Bertz CT molecular complexity index is 3160. The minimum atomic E-state index is -0.508. The van der Waals surface area contributed by atoms with Gasteiger partial charge in [0, 0.05) is 38.3 Å². The molecule has 1 spiro atoms. The molecule has 0 amide bonds. The van der Waals surface area contributed by atoms with Gasteiger partial charge in [0.15, 0.2) is 5.58 Å². The van der Waals surface area contributed by atoms with Crippen LogP contribution in [0.3, 0.4) is 0 Å². The molecule has 3 heteroatoms. The van der Waals surface area contributed by atoms with Crippen LogP contribution in [0.2, 0.25) is 0 Å². The first-order valence-corrected chi connectivity index (χ1v) is 19.1. The predicted octanol–water partition coefficient (Wildman–Crippen LogP) is 14.0. The average Bonchev–Trinajstić information content (AvgIpc) is 3.89. The van der Waals surface area contributed by atoms with Crippen molar-refractivity contribution in [1.82, 2.24) is 0 Å². The fourth-order valence-corrected chi connectivity index (χ4v) is 10.2. The fourth-order valence-electron chi connectivity index (χ4n) is 10.2. The Morgan fingerprint density at radius 3 is 1.65 bits per heavy atom. The van der Waals surface area contributed by atoms with Gasteiger partial charge in [-0.1, -0.05) is 141 Å². The van der Waals surface area contributed by atoms with Crippen LogP contribution >= 0.6 is 0 Å². The second-order valence-corrected chi connectivity index (χ2v) is 15.6. The molecule has 10 aromatic rings. The van der Waals surface area contributed by atoms with Crippen molar-refractivity contribution in [2.24, 2.45) is 0 Å². The lowest BCUT2D eigenvalue weighted by atomic mass is 9.55. The van der Waals surface area contributed by atoms with Crippen molar-refractivity contribution in [3.05, 3.63) is 209 Å². The van der Waals surface area contributed by atoms with Gasteiger partial charge in [-0.2, -0.15) is 0 Å². The van der Waals surface area contributed by atoms with Gasteiger partial charge >= 0.3 is 0 Å². The van der Waals surface area contributed by atoms with Gasteiger partial charge in [0.1, 0.15) is 16.7 Å². The lowest BCUT2D eigenvalue weighted by Gasteiger charge is -2.46. The quantitative estimate of drug-likeness (QED) is 0.183. The molecule has 0 atom stereocenters. The Kier molecular flexibility index (Phi) is 6.05. The van der Waals surface area contributed by atoms with E-state index in [0.29, 0.717) is 0 Å². The van der Waals surface area contributed by atoms with E-state index >= 15 is 0 Å². The van der Waals surface area contributed by atoms with Gasteiger partial charge in [-0.05, 0) is 93.0 Å². The van der Waals surface area contributed by atoms with Gasteiger partial charge in [-0.15, -0.1) is 0 Å². The van der Waals surface area contributed by atoms with Crippen LogP contribution in [0, 0.1) is 0 Å². The van der Waals surface area contributed by atoms with E-state index in [4.69, 9.17) is 8.83 Å². The van der Waals surface area contributed by atoms with Crippen LogP contribution < -0.4 is 4.90 Å². The fraction of sp³-hybridized carbons (Fsp3) is 0.0769. The highest BCUT2D eigenvalue weighted by Crippen LogP contribution is 2.62. The van der Waals surface area contributed by atoms with E-state index < -0.39 is 5.41 Å². The van der Waals surface area contributed by atoms with E-state index in [9.17, 15) is 0 Å². The lowest BCUT2D eigenvalue weighted by Crippen LogP contribution is -2.40. The monoisotopic (exact) mass is 705 g/mol. The molecule has 2 aliphatic carbocycles. The van der Waals surface area contributed by atoms with Crippen molar-refractivity contribution in [1.29, 1.82) is 0 Å².